The van der Waals surface area contributed by atoms with E-state index in [-0.39, 0.29) is 31.0 Å². The molecule has 2 N–H and O–H groups in total. The largest absolute Gasteiger partial charge is 0.465 e. The molecule has 0 aromatic carbocycles. The summed E-state index contributed by atoms with van der Waals surface area (Å²) >= 11 is 0. The molecule has 1 unspecified atom stereocenters. The minimum atomic E-state index is -1.15. The number of nitrogens with one attached hydrogen (secondary N) is 1. The van der Waals surface area contributed by atoms with Gasteiger partial charge in [-0.25, -0.2) is 4.79 Å². The fraction of sp³-hybridized carbons (Fsp3) is 0.632. The van der Waals surface area contributed by atoms with Gasteiger partial charge >= 0.3 is 6.09 Å². The first kappa shape index (κ1) is 20.0. The van der Waals surface area contributed by atoms with Crippen LogP contribution in [-0.2, 0) is 9.59 Å². The lowest BCUT2D eigenvalue weighted by Gasteiger charge is -2.38. The third-order valence-electron chi connectivity index (χ3n) is 5.42. The lowest BCUT2D eigenvalue weighted by Crippen LogP contribution is -2.60. The van der Waals surface area contributed by atoms with Crippen molar-refractivity contribution in [2.24, 2.45) is 5.41 Å². The van der Waals surface area contributed by atoms with Gasteiger partial charge in [-0.05, 0) is 37.2 Å². The molecule has 1 heterocycles. The van der Waals surface area contributed by atoms with Crippen molar-refractivity contribution in [1.29, 1.82) is 0 Å². The van der Waals surface area contributed by atoms with E-state index in [1.165, 1.54) is 18.2 Å². The fourth-order valence-corrected chi connectivity index (χ4v) is 3.87. The van der Waals surface area contributed by atoms with Crippen molar-refractivity contribution in [3.8, 4) is 0 Å². The molecule has 1 aliphatic heterocycles. The molecule has 7 heteroatoms. The number of piperazine rings is 1. The van der Waals surface area contributed by atoms with Crippen LogP contribution >= 0.6 is 0 Å². The van der Waals surface area contributed by atoms with E-state index in [1.54, 1.807) is 11.0 Å². The summed E-state index contributed by atoms with van der Waals surface area (Å²) in [7, 11) is 1.46. The lowest BCUT2D eigenvalue weighted by atomic mass is 9.72. The standard InChI is InChI=1S/C19H29N3O4/c1-13-6-5-9-19(2,3)14(13)7-8-16(23)21-10-11-22(18(25)26)15(12-21)17(24)20-4/h7-8,15H,5-6,9-12H2,1-4H3,(H,20,24)(H,25,26). The maximum Gasteiger partial charge on any atom is 0.408 e. The van der Waals surface area contributed by atoms with Crippen molar-refractivity contribution >= 4 is 17.9 Å². The number of carbonyl (C=O) groups is 3. The first-order valence-corrected chi connectivity index (χ1v) is 9.05. The fourth-order valence-electron chi connectivity index (χ4n) is 3.87. The summed E-state index contributed by atoms with van der Waals surface area (Å²) in [6.07, 6.45) is 5.61. The average Bonchev–Trinajstić information content (AvgIpc) is 2.59. The Bertz CT molecular complexity index is 651. The van der Waals surface area contributed by atoms with E-state index in [2.05, 4.69) is 26.1 Å². The van der Waals surface area contributed by atoms with Crippen molar-refractivity contribution in [1.82, 2.24) is 15.1 Å². The first-order chi connectivity index (χ1) is 12.2. The number of nitrogens with zero attached hydrogens (tertiary/aromatic N) is 2. The van der Waals surface area contributed by atoms with E-state index in [9.17, 15) is 19.5 Å². The third kappa shape index (κ3) is 4.26. The van der Waals surface area contributed by atoms with Crippen LogP contribution in [-0.4, -0.2) is 65.5 Å². The van der Waals surface area contributed by atoms with Crippen LogP contribution in [0.1, 0.15) is 40.0 Å². The van der Waals surface area contributed by atoms with E-state index < -0.39 is 18.0 Å². The number of hydrogen-bond acceptors (Lipinski definition) is 3. The molecule has 26 heavy (non-hydrogen) atoms. The SMILES string of the molecule is CNC(=O)C1CN(C(=O)C=CC2=C(C)CCCC2(C)C)CCN1C(=O)O. The zero-order valence-corrected chi connectivity index (χ0v) is 16.0. The van der Waals surface area contributed by atoms with Crippen LogP contribution < -0.4 is 5.32 Å². The maximum atomic E-state index is 12.6. The van der Waals surface area contributed by atoms with Crippen molar-refractivity contribution in [3.05, 3.63) is 23.3 Å². The number of rotatable bonds is 3. The average molecular weight is 363 g/mol. The molecule has 7 nitrogen and oxygen atoms in total. The number of carbonyl (C=O) groups excluding carboxylic acids is 2. The van der Waals surface area contributed by atoms with E-state index in [0.29, 0.717) is 0 Å². The summed E-state index contributed by atoms with van der Waals surface area (Å²) in [6.45, 7) is 6.96. The monoisotopic (exact) mass is 363 g/mol. The molecule has 2 aliphatic rings. The van der Waals surface area contributed by atoms with Crippen LogP contribution in [0.3, 0.4) is 0 Å². The van der Waals surface area contributed by atoms with Crippen LogP contribution in [0.15, 0.2) is 23.3 Å². The van der Waals surface area contributed by atoms with Crippen LogP contribution in [0.4, 0.5) is 4.79 Å². The molecule has 0 aromatic rings. The summed E-state index contributed by atoms with van der Waals surface area (Å²) in [5.41, 5.74) is 2.56. The van der Waals surface area contributed by atoms with E-state index in [1.807, 2.05) is 6.08 Å². The Hall–Kier alpha value is -2.31. The molecule has 0 bridgehead atoms. The van der Waals surface area contributed by atoms with Crippen molar-refractivity contribution in [2.45, 2.75) is 46.1 Å². The van der Waals surface area contributed by atoms with Gasteiger partial charge < -0.3 is 15.3 Å². The van der Waals surface area contributed by atoms with E-state index >= 15 is 0 Å². The molecule has 0 spiro atoms. The smallest absolute Gasteiger partial charge is 0.408 e. The van der Waals surface area contributed by atoms with Crippen molar-refractivity contribution in [2.75, 3.05) is 26.7 Å². The topological polar surface area (TPSA) is 90.0 Å². The van der Waals surface area contributed by atoms with Crippen LogP contribution in [0, 0.1) is 5.41 Å². The molecule has 0 radical (unpaired) electrons. The van der Waals surface area contributed by atoms with Crippen LogP contribution in [0.25, 0.3) is 0 Å². The molecule has 1 aliphatic carbocycles. The highest BCUT2D eigenvalue weighted by Crippen LogP contribution is 2.40. The summed E-state index contributed by atoms with van der Waals surface area (Å²) in [6, 6.07) is -0.879. The van der Waals surface area contributed by atoms with Crippen molar-refractivity contribution < 1.29 is 19.5 Å². The summed E-state index contributed by atoms with van der Waals surface area (Å²) in [4.78, 5) is 38.6. The Morgan fingerprint density at radius 1 is 1.27 bits per heavy atom. The zero-order valence-electron chi connectivity index (χ0n) is 16.0. The van der Waals surface area contributed by atoms with Crippen LogP contribution in [0.5, 0.6) is 0 Å². The number of hydrogen-bond donors (Lipinski definition) is 2. The second kappa shape index (κ2) is 7.93. The Morgan fingerprint density at radius 2 is 1.96 bits per heavy atom. The Balaban J connectivity index is 2.12. The predicted octanol–water partition coefficient (Wildman–Crippen LogP) is 2.01. The summed E-state index contributed by atoms with van der Waals surface area (Å²) < 4.78 is 0. The van der Waals surface area contributed by atoms with Gasteiger partial charge in [0.2, 0.25) is 11.8 Å². The second-order valence-corrected chi connectivity index (χ2v) is 7.66. The summed E-state index contributed by atoms with van der Waals surface area (Å²) in [5.74, 6) is -0.591. The van der Waals surface area contributed by atoms with Gasteiger partial charge in [0.25, 0.3) is 0 Å². The quantitative estimate of drug-likeness (QED) is 0.751. The van der Waals surface area contributed by atoms with E-state index in [0.717, 1.165) is 24.2 Å². The van der Waals surface area contributed by atoms with Gasteiger partial charge in [0.1, 0.15) is 6.04 Å². The maximum absolute atomic E-state index is 12.6. The highest BCUT2D eigenvalue weighted by molar-refractivity contribution is 5.90. The molecule has 0 aromatic heterocycles. The number of amides is 3. The molecule has 1 atom stereocenters. The first-order valence-electron chi connectivity index (χ1n) is 9.05. The number of likely N-dealkylation sites (N-methyl/N-ethyl adjacent to an activating group) is 1. The molecular weight excluding hydrogens is 334 g/mol. The molecular formula is C19H29N3O4. The molecule has 1 saturated heterocycles. The van der Waals surface area contributed by atoms with Gasteiger partial charge in [-0.15, -0.1) is 0 Å². The molecule has 3 amide bonds. The van der Waals surface area contributed by atoms with Gasteiger partial charge in [0.05, 0.1) is 6.54 Å². The lowest BCUT2D eigenvalue weighted by molar-refractivity contribution is -0.133. The van der Waals surface area contributed by atoms with Crippen molar-refractivity contribution in [3.63, 3.8) is 0 Å². The number of carboxylic acid groups (broad SMARTS) is 1. The highest BCUT2D eigenvalue weighted by atomic mass is 16.4. The summed E-state index contributed by atoms with van der Waals surface area (Å²) in [5, 5.41) is 11.7. The third-order valence-corrected chi connectivity index (χ3v) is 5.42. The Labute approximate surface area is 154 Å². The van der Waals surface area contributed by atoms with Gasteiger partial charge in [0.15, 0.2) is 0 Å². The number of allylic oxidation sites excluding steroid dienone is 3. The minimum Gasteiger partial charge on any atom is -0.465 e. The van der Waals surface area contributed by atoms with E-state index in [4.69, 9.17) is 0 Å². The molecule has 144 valence electrons. The Kier molecular flexibility index (Phi) is 6.10. The second-order valence-electron chi connectivity index (χ2n) is 7.66. The predicted molar refractivity (Wildman–Crippen MR) is 98.6 cm³/mol. The van der Waals surface area contributed by atoms with Gasteiger partial charge in [0, 0.05) is 26.2 Å². The Morgan fingerprint density at radius 3 is 2.54 bits per heavy atom. The van der Waals surface area contributed by atoms with Gasteiger partial charge in [-0.1, -0.05) is 25.5 Å². The zero-order chi connectivity index (χ0) is 19.5. The molecule has 1 fully saturated rings. The van der Waals surface area contributed by atoms with Gasteiger partial charge in [-0.3, -0.25) is 14.5 Å². The molecule has 0 saturated carbocycles. The highest BCUT2D eigenvalue weighted by Gasteiger charge is 2.36. The minimum absolute atomic E-state index is 0.0474. The normalized spacial score (nSPS) is 23.3. The van der Waals surface area contributed by atoms with Gasteiger partial charge in [-0.2, -0.15) is 0 Å². The molecule has 2 rings (SSSR count). The van der Waals surface area contributed by atoms with Crippen LogP contribution in [0.2, 0.25) is 0 Å².